The van der Waals surface area contributed by atoms with Crippen LogP contribution < -0.4 is 9.64 Å². The van der Waals surface area contributed by atoms with E-state index in [0.717, 1.165) is 4.90 Å². The van der Waals surface area contributed by atoms with Crippen molar-refractivity contribution in [1.82, 2.24) is 0 Å². The van der Waals surface area contributed by atoms with Gasteiger partial charge in [0.05, 0.1) is 23.3 Å². The number of nitriles is 1. The second-order valence-corrected chi connectivity index (χ2v) is 6.61. The van der Waals surface area contributed by atoms with Gasteiger partial charge in [-0.25, -0.2) is 0 Å². The molecule has 10 heteroatoms. The number of hydrogen-bond donors (Lipinski definition) is 1. The molecule has 3 rings (SSSR count). The Kier molecular flexibility index (Phi) is 6.15. The van der Waals surface area contributed by atoms with Gasteiger partial charge >= 0.3 is 6.18 Å². The van der Waals surface area contributed by atoms with Gasteiger partial charge in [0.2, 0.25) is 6.23 Å². The Morgan fingerprint density at radius 2 is 2.03 bits per heavy atom. The fraction of sp³-hybridized carbons (Fsp3) is 0.263. The monoisotopic (exact) mass is 425 g/mol. The average molecular weight is 426 g/mol. The van der Waals surface area contributed by atoms with E-state index in [1.54, 1.807) is 24.3 Å². The van der Waals surface area contributed by atoms with Crippen molar-refractivity contribution >= 4 is 23.5 Å². The van der Waals surface area contributed by atoms with Gasteiger partial charge in [-0.15, -0.1) is 0 Å². The first-order chi connectivity index (χ1) is 13.8. The fourth-order valence-corrected chi connectivity index (χ4v) is 3.10. The van der Waals surface area contributed by atoms with Gasteiger partial charge in [0.1, 0.15) is 24.5 Å². The van der Waals surface area contributed by atoms with Crippen molar-refractivity contribution in [2.45, 2.75) is 18.5 Å². The van der Waals surface area contributed by atoms with Crippen LogP contribution in [0.15, 0.2) is 47.6 Å². The van der Waals surface area contributed by atoms with Gasteiger partial charge in [0.25, 0.3) is 0 Å². The summed E-state index contributed by atoms with van der Waals surface area (Å²) in [5.41, 5.74) is 1.01. The van der Waals surface area contributed by atoms with Crippen LogP contribution in [0.5, 0.6) is 5.75 Å². The molecule has 0 bridgehead atoms. The summed E-state index contributed by atoms with van der Waals surface area (Å²) in [7, 11) is 0. The number of ether oxygens (including phenoxy) is 2. The number of nitrogens with zero attached hydrogens (tertiary/aromatic N) is 3. The third-order valence-corrected chi connectivity index (χ3v) is 4.53. The van der Waals surface area contributed by atoms with Gasteiger partial charge in [-0.05, 0) is 48.0 Å². The molecular formula is C19H15ClF3N3O3. The number of oxime groups is 1. The predicted octanol–water partition coefficient (Wildman–Crippen LogP) is 4.19. The van der Waals surface area contributed by atoms with E-state index in [-0.39, 0.29) is 29.4 Å². The number of anilines is 1. The Hall–Kier alpha value is -2.96. The predicted molar refractivity (Wildman–Crippen MR) is 99.5 cm³/mol. The number of benzene rings is 2. The van der Waals surface area contributed by atoms with E-state index < -0.39 is 18.5 Å². The summed E-state index contributed by atoms with van der Waals surface area (Å²) in [4.78, 5) is 1.04. The maximum atomic E-state index is 13.5. The molecule has 2 aromatic carbocycles. The summed E-state index contributed by atoms with van der Waals surface area (Å²) in [6, 6.07) is 12.4. The van der Waals surface area contributed by atoms with Crippen LogP contribution in [0, 0.1) is 11.3 Å². The first-order valence-electron chi connectivity index (χ1n) is 8.40. The van der Waals surface area contributed by atoms with E-state index in [9.17, 15) is 13.2 Å². The van der Waals surface area contributed by atoms with Crippen molar-refractivity contribution in [2.75, 3.05) is 18.1 Å². The van der Waals surface area contributed by atoms with Gasteiger partial charge < -0.3 is 19.6 Å². The lowest BCUT2D eigenvalue weighted by Crippen LogP contribution is -2.42. The zero-order valence-electron chi connectivity index (χ0n) is 14.8. The molecular weight excluding hydrogens is 411 g/mol. The Bertz CT molecular complexity index is 929. The zero-order chi connectivity index (χ0) is 21.0. The SMILES string of the molecule is N#Cc1ccc(N2CC(COc3ccc(/C=N/O)cc3)OC2C(F)(F)F)cc1Cl. The first kappa shape index (κ1) is 20.8. The molecule has 1 heterocycles. The quantitative estimate of drug-likeness (QED) is 0.441. The maximum Gasteiger partial charge on any atom is 0.433 e. The maximum absolute atomic E-state index is 13.5. The van der Waals surface area contributed by atoms with Gasteiger partial charge in [0.15, 0.2) is 0 Å². The Labute approximate surface area is 169 Å². The number of rotatable bonds is 5. The highest BCUT2D eigenvalue weighted by Crippen LogP contribution is 2.36. The molecule has 0 spiro atoms. The average Bonchev–Trinajstić information content (AvgIpc) is 3.12. The molecule has 1 saturated heterocycles. The lowest BCUT2D eigenvalue weighted by Gasteiger charge is -2.26. The van der Waals surface area contributed by atoms with E-state index in [1.165, 1.54) is 24.4 Å². The fourth-order valence-electron chi connectivity index (χ4n) is 2.88. The molecule has 0 aromatic heterocycles. The highest BCUT2D eigenvalue weighted by Gasteiger charge is 2.51. The third-order valence-electron chi connectivity index (χ3n) is 4.21. The molecule has 6 nitrogen and oxygen atoms in total. The zero-order valence-corrected chi connectivity index (χ0v) is 15.6. The second kappa shape index (κ2) is 8.59. The van der Waals surface area contributed by atoms with Gasteiger partial charge in [-0.3, -0.25) is 0 Å². The minimum atomic E-state index is -4.62. The third kappa shape index (κ3) is 4.91. The lowest BCUT2D eigenvalue weighted by atomic mass is 10.2. The van der Waals surface area contributed by atoms with E-state index in [4.69, 9.17) is 31.5 Å². The molecule has 2 atom stereocenters. The van der Waals surface area contributed by atoms with Gasteiger partial charge in [0, 0.05) is 5.69 Å². The molecule has 1 fully saturated rings. The molecule has 1 N–H and O–H groups in total. The first-order valence-corrected chi connectivity index (χ1v) is 8.78. The largest absolute Gasteiger partial charge is 0.491 e. The summed E-state index contributed by atoms with van der Waals surface area (Å²) in [5.74, 6) is 0.437. The van der Waals surface area contributed by atoms with Crippen LogP contribution in [-0.4, -0.2) is 43.1 Å². The number of alkyl halides is 3. The Morgan fingerprint density at radius 1 is 1.31 bits per heavy atom. The Balaban J connectivity index is 1.72. The van der Waals surface area contributed by atoms with Crippen molar-refractivity contribution < 1.29 is 27.9 Å². The van der Waals surface area contributed by atoms with Crippen LogP contribution in [0.2, 0.25) is 5.02 Å². The second-order valence-electron chi connectivity index (χ2n) is 6.20. The van der Waals surface area contributed by atoms with Crippen molar-refractivity contribution in [1.29, 1.82) is 5.26 Å². The van der Waals surface area contributed by atoms with Crippen molar-refractivity contribution in [3.05, 3.63) is 58.6 Å². The summed E-state index contributed by atoms with van der Waals surface area (Å²) < 4.78 is 51.1. The molecule has 0 radical (unpaired) electrons. The van der Waals surface area contributed by atoms with Crippen molar-refractivity contribution in [3.63, 3.8) is 0 Å². The summed E-state index contributed by atoms with van der Waals surface area (Å²) in [5, 5.41) is 20.4. The summed E-state index contributed by atoms with van der Waals surface area (Å²) in [6.45, 7) is -0.164. The van der Waals surface area contributed by atoms with Crippen LogP contribution in [0.25, 0.3) is 0 Å². The van der Waals surface area contributed by atoms with Crippen LogP contribution >= 0.6 is 11.6 Å². The highest BCUT2D eigenvalue weighted by molar-refractivity contribution is 6.32. The minimum Gasteiger partial charge on any atom is -0.491 e. The number of halogens is 4. The summed E-state index contributed by atoms with van der Waals surface area (Å²) in [6.07, 6.45) is -6.38. The molecule has 1 aliphatic rings. The van der Waals surface area contributed by atoms with Crippen LogP contribution in [0.4, 0.5) is 18.9 Å². The topological polar surface area (TPSA) is 78.1 Å². The van der Waals surface area contributed by atoms with E-state index in [2.05, 4.69) is 5.16 Å². The van der Waals surface area contributed by atoms with Crippen LogP contribution in [-0.2, 0) is 4.74 Å². The molecule has 0 aliphatic carbocycles. The van der Waals surface area contributed by atoms with Gasteiger partial charge in [-0.1, -0.05) is 16.8 Å². The normalized spacial score (nSPS) is 19.5. The molecule has 152 valence electrons. The Morgan fingerprint density at radius 3 is 2.62 bits per heavy atom. The van der Waals surface area contributed by atoms with Crippen LogP contribution in [0.1, 0.15) is 11.1 Å². The van der Waals surface area contributed by atoms with E-state index in [0.29, 0.717) is 11.3 Å². The summed E-state index contributed by atoms with van der Waals surface area (Å²) >= 11 is 5.96. The van der Waals surface area contributed by atoms with Gasteiger partial charge in [-0.2, -0.15) is 18.4 Å². The standard InChI is InChI=1S/C19H15ClF3N3O3/c20-17-7-14(4-3-13(17)8-24)26-10-16(29-18(26)19(21,22)23)11-28-15-5-1-12(2-6-15)9-25-27/h1-7,9,16,18,27H,10-11H2/b25-9+. The van der Waals surface area contributed by atoms with Crippen molar-refractivity contribution in [2.24, 2.45) is 5.16 Å². The van der Waals surface area contributed by atoms with E-state index >= 15 is 0 Å². The highest BCUT2D eigenvalue weighted by atomic mass is 35.5. The molecule has 0 amide bonds. The molecule has 2 unspecified atom stereocenters. The lowest BCUT2D eigenvalue weighted by molar-refractivity contribution is -0.215. The molecule has 1 aliphatic heterocycles. The number of hydrogen-bond acceptors (Lipinski definition) is 6. The van der Waals surface area contributed by atoms with E-state index in [1.807, 2.05) is 6.07 Å². The van der Waals surface area contributed by atoms with Crippen LogP contribution in [0.3, 0.4) is 0 Å². The van der Waals surface area contributed by atoms with Crippen molar-refractivity contribution in [3.8, 4) is 11.8 Å². The minimum absolute atomic E-state index is 0.0668. The molecule has 2 aromatic rings. The smallest absolute Gasteiger partial charge is 0.433 e. The molecule has 0 saturated carbocycles. The molecule has 29 heavy (non-hydrogen) atoms.